The average Bonchev–Trinajstić information content (AvgIpc) is 2.46. The Balaban J connectivity index is 2.13. The lowest BCUT2D eigenvalue weighted by Crippen LogP contribution is -2.50. The molecule has 2 N–H and O–H groups in total. The van der Waals surface area contributed by atoms with Crippen LogP contribution >= 0.6 is 11.8 Å². The van der Waals surface area contributed by atoms with Crippen LogP contribution in [0, 0.1) is 0 Å². The number of thioether (sulfide) groups is 1. The lowest BCUT2D eigenvalue weighted by molar-refractivity contribution is -0.130. The molecule has 20 heavy (non-hydrogen) atoms. The highest BCUT2D eigenvalue weighted by Crippen LogP contribution is 2.00. The number of hydrogen-bond donors (Lipinski definition) is 2. The molecule has 0 bridgehead atoms. The van der Waals surface area contributed by atoms with Crippen molar-refractivity contribution in [2.24, 2.45) is 4.99 Å². The summed E-state index contributed by atoms with van der Waals surface area (Å²) in [6.07, 6.45) is 2.10. The highest BCUT2D eigenvalue weighted by molar-refractivity contribution is 7.98. The minimum absolute atomic E-state index is 0.182. The van der Waals surface area contributed by atoms with Gasteiger partial charge in [0.25, 0.3) is 0 Å². The molecule has 116 valence electrons. The number of aliphatic imine (C=N–C) groups is 1. The van der Waals surface area contributed by atoms with Crippen molar-refractivity contribution < 1.29 is 4.79 Å². The normalized spacial score (nSPS) is 17.1. The maximum atomic E-state index is 11.2. The molecule has 1 aliphatic rings. The number of nitrogens with zero attached hydrogens (tertiary/aromatic N) is 3. The molecule has 1 aliphatic heterocycles. The summed E-state index contributed by atoms with van der Waals surface area (Å²) < 4.78 is 0. The van der Waals surface area contributed by atoms with Crippen molar-refractivity contribution in [1.82, 2.24) is 20.4 Å². The Kier molecular flexibility index (Phi) is 8.45. The summed E-state index contributed by atoms with van der Waals surface area (Å²) in [5.41, 5.74) is 0. The van der Waals surface area contributed by atoms with E-state index in [-0.39, 0.29) is 5.91 Å². The lowest BCUT2D eigenvalue weighted by Gasteiger charge is -2.34. The van der Waals surface area contributed by atoms with Crippen molar-refractivity contribution in [1.29, 1.82) is 0 Å². The number of rotatable bonds is 6. The lowest BCUT2D eigenvalue weighted by atomic mass is 10.3. The van der Waals surface area contributed by atoms with Crippen LogP contribution in [-0.4, -0.2) is 86.5 Å². The van der Waals surface area contributed by atoms with Crippen LogP contribution in [-0.2, 0) is 4.79 Å². The molecule has 0 aromatic rings. The van der Waals surface area contributed by atoms with Gasteiger partial charge in [0.05, 0.1) is 0 Å². The predicted molar refractivity (Wildman–Crippen MR) is 86.4 cm³/mol. The largest absolute Gasteiger partial charge is 0.356 e. The molecule has 1 rings (SSSR count). The SMILES string of the molecule is CN=C(NCCSC)NCCN1CCN(C(C)=O)CC1. The minimum Gasteiger partial charge on any atom is -0.356 e. The Hall–Kier alpha value is -0.950. The highest BCUT2D eigenvalue weighted by Gasteiger charge is 2.17. The second-order valence-corrected chi connectivity index (χ2v) is 5.75. The van der Waals surface area contributed by atoms with Crippen LogP contribution in [0.25, 0.3) is 0 Å². The van der Waals surface area contributed by atoms with E-state index >= 15 is 0 Å². The van der Waals surface area contributed by atoms with Crippen LogP contribution < -0.4 is 10.6 Å². The first-order valence-corrected chi connectivity index (χ1v) is 8.48. The maximum absolute atomic E-state index is 11.2. The number of hydrogen-bond acceptors (Lipinski definition) is 4. The number of carbonyl (C=O) groups is 1. The quantitative estimate of drug-likeness (QED) is 0.400. The third kappa shape index (κ3) is 6.47. The van der Waals surface area contributed by atoms with E-state index in [1.54, 1.807) is 14.0 Å². The van der Waals surface area contributed by atoms with E-state index in [0.29, 0.717) is 0 Å². The van der Waals surface area contributed by atoms with Gasteiger partial charge in [0, 0.05) is 65.5 Å². The highest BCUT2D eigenvalue weighted by atomic mass is 32.2. The van der Waals surface area contributed by atoms with Gasteiger partial charge in [-0.1, -0.05) is 0 Å². The van der Waals surface area contributed by atoms with Gasteiger partial charge in [-0.25, -0.2) is 0 Å². The van der Waals surface area contributed by atoms with Crippen LogP contribution in [0.1, 0.15) is 6.92 Å². The van der Waals surface area contributed by atoms with Crippen LogP contribution in [0.2, 0.25) is 0 Å². The van der Waals surface area contributed by atoms with Crippen LogP contribution in [0.15, 0.2) is 4.99 Å². The maximum Gasteiger partial charge on any atom is 0.219 e. The van der Waals surface area contributed by atoms with Gasteiger partial charge in [-0.15, -0.1) is 0 Å². The smallest absolute Gasteiger partial charge is 0.219 e. The molecule has 1 heterocycles. The van der Waals surface area contributed by atoms with Crippen LogP contribution in [0.3, 0.4) is 0 Å². The molecule has 1 saturated heterocycles. The number of guanidine groups is 1. The summed E-state index contributed by atoms with van der Waals surface area (Å²) in [6.45, 7) is 8.03. The fraction of sp³-hybridized carbons (Fsp3) is 0.846. The van der Waals surface area contributed by atoms with Crippen molar-refractivity contribution in [2.75, 3.05) is 64.9 Å². The number of piperazine rings is 1. The molecule has 0 radical (unpaired) electrons. The summed E-state index contributed by atoms with van der Waals surface area (Å²) in [6, 6.07) is 0. The van der Waals surface area contributed by atoms with Crippen molar-refractivity contribution in [2.45, 2.75) is 6.92 Å². The third-order valence-electron chi connectivity index (χ3n) is 3.36. The van der Waals surface area contributed by atoms with E-state index in [4.69, 9.17) is 0 Å². The number of amides is 1. The Morgan fingerprint density at radius 1 is 1.20 bits per heavy atom. The first kappa shape index (κ1) is 17.1. The fourth-order valence-electron chi connectivity index (χ4n) is 2.11. The summed E-state index contributed by atoms with van der Waals surface area (Å²) in [4.78, 5) is 19.7. The Morgan fingerprint density at radius 3 is 2.40 bits per heavy atom. The molecular formula is C13H27N5OS. The van der Waals surface area contributed by atoms with Gasteiger partial charge < -0.3 is 15.5 Å². The fourth-order valence-corrected chi connectivity index (χ4v) is 2.42. The summed E-state index contributed by atoms with van der Waals surface area (Å²) in [5, 5.41) is 6.59. The molecule has 0 saturated carbocycles. The topological polar surface area (TPSA) is 60.0 Å². The summed E-state index contributed by atoms with van der Waals surface area (Å²) >= 11 is 1.82. The molecular weight excluding hydrogens is 274 g/mol. The molecule has 1 amide bonds. The second-order valence-electron chi connectivity index (χ2n) is 4.77. The second kappa shape index (κ2) is 9.88. The molecule has 0 aromatic heterocycles. The zero-order valence-electron chi connectivity index (χ0n) is 12.8. The van der Waals surface area contributed by atoms with Crippen molar-refractivity contribution in [3.05, 3.63) is 0 Å². The predicted octanol–water partition coefficient (Wildman–Crippen LogP) is -0.321. The van der Waals surface area contributed by atoms with E-state index in [0.717, 1.165) is 57.5 Å². The number of nitrogens with one attached hydrogen (secondary N) is 2. The van der Waals surface area contributed by atoms with E-state index < -0.39 is 0 Å². The standard InChI is InChI=1S/C13H27N5OS/c1-12(19)18-9-7-17(8-10-18)6-4-15-13(14-2)16-5-11-20-3/h4-11H2,1-3H3,(H2,14,15,16). The van der Waals surface area contributed by atoms with Crippen LogP contribution in [0.5, 0.6) is 0 Å². The Labute approximate surface area is 126 Å². The average molecular weight is 301 g/mol. The van der Waals surface area contributed by atoms with Crippen molar-refractivity contribution in [3.63, 3.8) is 0 Å². The van der Waals surface area contributed by atoms with E-state index in [2.05, 4.69) is 26.8 Å². The molecule has 0 atom stereocenters. The van der Waals surface area contributed by atoms with E-state index in [9.17, 15) is 4.79 Å². The first-order valence-electron chi connectivity index (χ1n) is 7.08. The van der Waals surface area contributed by atoms with Crippen LogP contribution in [0.4, 0.5) is 0 Å². The number of carbonyl (C=O) groups excluding carboxylic acids is 1. The van der Waals surface area contributed by atoms with Gasteiger partial charge >= 0.3 is 0 Å². The summed E-state index contributed by atoms with van der Waals surface area (Å²) in [5.74, 6) is 2.12. The van der Waals surface area contributed by atoms with Gasteiger partial charge in [0.1, 0.15) is 0 Å². The van der Waals surface area contributed by atoms with Gasteiger partial charge in [-0.3, -0.25) is 14.7 Å². The van der Waals surface area contributed by atoms with E-state index in [1.807, 2.05) is 16.7 Å². The first-order chi connectivity index (χ1) is 9.67. The third-order valence-corrected chi connectivity index (χ3v) is 3.97. The van der Waals surface area contributed by atoms with Gasteiger partial charge in [0.2, 0.25) is 5.91 Å². The van der Waals surface area contributed by atoms with Crippen molar-refractivity contribution in [3.8, 4) is 0 Å². The van der Waals surface area contributed by atoms with Gasteiger partial charge in [0.15, 0.2) is 5.96 Å². The monoisotopic (exact) mass is 301 g/mol. The molecule has 0 aromatic carbocycles. The summed E-state index contributed by atoms with van der Waals surface area (Å²) in [7, 11) is 1.79. The zero-order valence-corrected chi connectivity index (χ0v) is 13.6. The zero-order chi connectivity index (χ0) is 14.8. The van der Waals surface area contributed by atoms with Gasteiger partial charge in [-0.2, -0.15) is 11.8 Å². The Bertz CT molecular complexity index is 316. The van der Waals surface area contributed by atoms with E-state index in [1.165, 1.54) is 0 Å². The molecule has 1 fully saturated rings. The molecule has 7 heteroatoms. The molecule has 6 nitrogen and oxygen atoms in total. The molecule has 0 spiro atoms. The minimum atomic E-state index is 0.182. The molecule has 0 aliphatic carbocycles. The Morgan fingerprint density at radius 2 is 1.85 bits per heavy atom. The van der Waals surface area contributed by atoms with Gasteiger partial charge in [-0.05, 0) is 6.26 Å². The van der Waals surface area contributed by atoms with Crippen molar-refractivity contribution >= 4 is 23.6 Å². The molecule has 0 unspecified atom stereocenters.